The Morgan fingerprint density at radius 2 is 1.58 bits per heavy atom. The normalized spacial score (nSPS) is 19.6. The average Bonchev–Trinajstić information content (AvgIpc) is 2.75. The van der Waals surface area contributed by atoms with Gasteiger partial charge in [-0.2, -0.15) is 11.8 Å². The highest BCUT2D eigenvalue weighted by molar-refractivity contribution is 7.99. The Balaban J connectivity index is 1.85. The Kier molecular flexibility index (Phi) is 3.99. The predicted molar refractivity (Wildman–Crippen MR) is 84.1 cm³/mol. The highest BCUT2D eigenvalue weighted by atomic mass is 32.2. The van der Waals surface area contributed by atoms with E-state index in [1.54, 1.807) is 0 Å². The molecule has 2 aromatic carbocycles. The number of hydrogen-bond acceptors (Lipinski definition) is 2. The zero-order valence-corrected chi connectivity index (χ0v) is 11.6. The van der Waals surface area contributed by atoms with Crippen LogP contribution in [0.3, 0.4) is 0 Å². The molecule has 2 heteroatoms. The Labute approximate surface area is 118 Å². The number of benzene rings is 2. The summed E-state index contributed by atoms with van der Waals surface area (Å²) in [6.45, 7) is 0.929. The van der Waals surface area contributed by atoms with Crippen molar-refractivity contribution in [1.82, 2.24) is 0 Å². The summed E-state index contributed by atoms with van der Waals surface area (Å²) in [4.78, 5) is 4.77. The molecule has 0 aromatic heterocycles. The largest absolute Gasteiger partial charge is 0.288 e. The molecule has 0 bridgehead atoms. The van der Waals surface area contributed by atoms with Crippen LogP contribution >= 0.6 is 11.8 Å². The number of hydrogen-bond donors (Lipinski definition) is 0. The Bertz CT molecular complexity index is 548. The first-order valence-electron chi connectivity index (χ1n) is 6.69. The van der Waals surface area contributed by atoms with Crippen LogP contribution in [0.15, 0.2) is 65.7 Å². The first-order valence-corrected chi connectivity index (χ1v) is 7.73. The molecule has 0 spiro atoms. The van der Waals surface area contributed by atoms with Crippen molar-refractivity contribution in [3.63, 3.8) is 0 Å². The maximum Gasteiger partial charge on any atom is 0.0483 e. The van der Waals surface area contributed by atoms with Crippen LogP contribution < -0.4 is 0 Å². The lowest BCUT2D eigenvalue weighted by Crippen LogP contribution is -2.05. The third-order valence-electron chi connectivity index (χ3n) is 3.37. The van der Waals surface area contributed by atoms with Crippen molar-refractivity contribution < 1.29 is 0 Å². The average molecular weight is 267 g/mol. The molecule has 19 heavy (non-hydrogen) atoms. The van der Waals surface area contributed by atoms with E-state index in [1.165, 1.54) is 16.8 Å². The fourth-order valence-corrected chi connectivity index (χ4v) is 3.50. The molecule has 0 amide bonds. The Hall–Kier alpha value is -1.54. The van der Waals surface area contributed by atoms with Crippen molar-refractivity contribution in [2.24, 2.45) is 4.99 Å². The monoisotopic (exact) mass is 267 g/mol. The molecule has 1 aliphatic rings. The topological polar surface area (TPSA) is 12.4 Å². The van der Waals surface area contributed by atoms with Gasteiger partial charge in [-0.1, -0.05) is 60.7 Å². The van der Waals surface area contributed by atoms with Crippen molar-refractivity contribution in [3.05, 3.63) is 71.8 Å². The van der Waals surface area contributed by atoms with Crippen molar-refractivity contribution in [3.8, 4) is 0 Å². The van der Waals surface area contributed by atoms with Gasteiger partial charge in [0.25, 0.3) is 0 Å². The summed E-state index contributed by atoms with van der Waals surface area (Å²) in [6, 6.07) is 21.4. The van der Waals surface area contributed by atoms with Gasteiger partial charge in [-0.05, 0) is 11.1 Å². The molecule has 0 saturated carbocycles. The van der Waals surface area contributed by atoms with Gasteiger partial charge in [-0.3, -0.25) is 4.99 Å². The number of aliphatic imine (C=N–C) groups is 1. The minimum absolute atomic E-state index is 0.530. The maximum atomic E-state index is 4.77. The van der Waals surface area contributed by atoms with Crippen LogP contribution in [-0.4, -0.2) is 18.0 Å². The molecular formula is C17H17NS. The molecule has 0 fully saturated rings. The van der Waals surface area contributed by atoms with Crippen LogP contribution in [0.5, 0.6) is 0 Å². The minimum Gasteiger partial charge on any atom is -0.288 e. The van der Waals surface area contributed by atoms with E-state index < -0.39 is 0 Å². The number of nitrogens with zero attached hydrogens (tertiary/aromatic N) is 1. The summed E-state index contributed by atoms with van der Waals surface area (Å²) in [7, 11) is 0. The molecular weight excluding hydrogens is 250 g/mol. The van der Waals surface area contributed by atoms with Gasteiger partial charge in [0.05, 0.1) is 0 Å². The van der Waals surface area contributed by atoms with Gasteiger partial charge >= 0.3 is 0 Å². The summed E-state index contributed by atoms with van der Waals surface area (Å²) in [6.07, 6.45) is 1.03. The summed E-state index contributed by atoms with van der Waals surface area (Å²) >= 11 is 2.02. The predicted octanol–water partition coefficient (Wildman–Crippen LogP) is 4.35. The first kappa shape index (κ1) is 12.5. The van der Waals surface area contributed by atoms with Gasteiger partial charge in [0.1, 0.15) is 0 Å². The standard InChI is InChI=1S/C17H17NS/c1-3-7-14(8-4-1)16-13-17(19-12-11-18-16)15-9-5-2-6-10-15/h1-10,17H,11-13H2. The molecule has 3 rings (SSSR count). The number of thioether (sulfide) groups is 1. The van der Waals surface area contributed by atoms with Gasteiger partial charge in [0, 0.05) is 29.7 Å². The molecule has 2 aromatic rings. The SMILES string of the molecule is c1ccc(C2=NCCSC(c3ccccc3)C2)cc1. The summed E-state index contributed by atoms with van der Waals surface area (Å²) in [5, 5.41) is 0.530. The summed E-state index contributed by atoms with van der Waals surface area (Å²) in [5.74, 6) is 1.11. The fourth-order valence-electron chi connectivity index (χ4n) is 2.40. The van der Waals surface area contributed by atoms with Crippen molar-refractivity contribution >= 4 is 17.5 Å². The van der Waals surface area contributed by atoms with Crippen LogP contribution in [0.2, 0.25) is 0 Å². The Morgan fingerprint density at radius 1 is 0.895 bits per heavy atom. The molecule has 0 radical (unpaired) electrons. The Morgan fingerprint density at radius 3 is 2.32 bits per heavy atom. The van der Waals surface area contributed by atoms with Crippen LogP contribution in [0, 0.1) is 0 Å². The summed E-state index contributed by atoms with van der Waals surface area (Å²) in [5.41, 5.74) is 3.93. The van der Waals surface area contributed by atoms with Gasteiger partial charge in [-0.15, -0.1) is 0 Å². The molecule has 1 atom stereocenters. The molecule has 0 saturated heterocycles. The second-order valence-electron chi connectivity index (χ2n) is 4.67. The maximum absolute atomic E-state index is 4.77. The van der Waals surface area contributed by atoms with Crippen LogP contribution in [-0.2, 0) is 0 Å². The van der Waals surface area contributed by atoms with Crippen molar-refractivity contribution in [2.45, 2.75) is 11.7 Å². The van der Waals surface area contributed by atoms with Gasteiger partial charge in [-0.25, -0.2) is 0 Å². The molecule has 96 valence electrons. The van der Waals surface area contributed by atoms with E-state index in [9.17, 15) is 0 Å². The van der Waals surface area contributed by atoms with E-state index in [1.807, 2.05) is 11.8 Å². The third kappa shape index (κ3) is 3.07. The molecule has 1 aliphatic heterocycles. The second kappa shape index (κ2) is 6.07. The van der Waals surface area contributed by atoms with Crippen molar-refractivity contribution in [2.75, 3.05) is 12.3 Å². The van der Waals surface area contributed by atoms with E-state index >= 15 is 0 Å². The lowest BCUT2D eigenvalue weighted by Gasteiger charge is -2.15. The minimum atomic E-state index is 0.530. The van der Waals surface area contributed by atoms with Gasteiger partial charge in [0.2, 0.25) is 0 Å². The summed E-state index contributed by atoms with van der Waals surface area (Å²) < 4.78 is 0. The third-order valence-corrected chi connectivity index (χ3v) is 4.63. The van der Waals surface area contributed by atoms with E-state index in [-0.39, 0.29) is 0 Å². The van der Waals surface area contributed by atoms with E-state index in [0.29, 0.717) is 5.25 Å². The molecule has 1 heterocycles. The smallest absolute Gasteiger partial charge is 0.0483 e. The lowest BCUT2D eigenvalue weighted by atomic mass is 10.0. The number of rotatable bonds is 2. The zero-order valence-electron chi connectivity index (χ0n) is 10.8. The second-order valence-corrected chi connectivity index (χ2v) is 5.98. The lowest BCUT2D eigenvalue weighted by molar-refractivity contribution is 1.01. The highest BCUT2D eigenvalue weighted by Gasteiger charge is 2.18. The van der Waals surface area contributed by atoms with Gasteiger partial charge < -0.3 is 0 Å². The van der Waals surface area contributed by atoms with E-state index in [2.05, 4.69) is 60.7 Å². The highest BCUT2D eigenvalue weighted by Crippen LogP contribution is 2.34. The van der Waals surface area contributed by atoms with E-state index in [0.717, 1.165) is 18.7 Å². The quantitative estimate of drug-likeness (QED) is 0.787. The van der Waals surface area contributed by atoms with Gasteiger partial charge in [0.15, 0.2) is 0 Å². The fraction of sp³-hybridized carbons (Fsp3) is 0.235. The molecule has 1 unspecified atom stereocenters. The van der Waals surface area contributed by atoms with Crippen LogP contribution in [0.25, 0.3) is 0 Å². The van der Waals surface area contributed by atoms with Crippen molar-refractivity contribution in [1.29, 1.82) is 0 Å². The molecule has 0 N–H and O–H groups in total. The molecule has 1 nitrogen and oxygen atoms in total. The van der Waals surface area contributed by atoms with Crippen LogP contribution in [0.1, 0.15) is 22.8 Å². The zero-order chi connectivity index (χ0) is 12.9. The van der Waals surface area contributed by atoms with Crippen LogP contribution in [0.4, 0.5) is 0 Å². The van der Waals surface area contributed by atoms with E-state index in [4.69, 9.17) is 4.99 Å². The molecule has 0 aliphatic carbocycles. The first-order chi connectivity index (χ1) is 9.43.